The van der Waals surface area contributed by atoms with Gasteiger partial charge < -0.3 is 10.6 Å². The molecular weight excluding hydrogens is 502 g/mol. The number of amides is 2. The van der Waals surface area contributed by atoms with Crippen molar-refractivity contribution in [2.75, 3.05) is 0 Å². The minimum absolute atomic E-state index is 0.0240. The van der Waals surface area contributed by atoms with Crippen molar-refractivity contribution in [3.63, 3.8) is 0 Å². The quantitative estimate of drug-likeness (QED) is 0.362. The molecule has 2 aliphatic carbocycles. The highest BCUT2D eigenvalue weighted by molar-refractivity contribution is 5.92. The van der Waals surface area contributed by atoms with Gasteiger partial charge in [0.1, 0.15) is 5.69 Å². The molecule has 208 valence electrons. The molecule has 2 fully saturated rings. The van der Waals surface area contributed by atoms with E-state index in [0.29, 0.717) is 29.4 Å². The second kappa shape index (κ2) is 11.4. The number of carbonyl (C=O) groups is 2. The maximum absolute atomic E-state index is 14.0. The highest BCUT2D eigenvalue weighted by Gasteiger charge is 2.39. The largest absolute Gasteiger partial charge is 0.349 e. The number of halogens is 2. The van der Waals surface area contributed by atoms with Crippen LogP contribution in [0.25, 0.3) is 5.65 Å². The zero-order valence-corrected chi connectivity index (χ0v) is 22.5. The lowest BCUT2D eigenvalue weighted by Crippen LogP contribution is -2.37. The molecule has 3 heterocycles. The van der Waals surface area contributed by atoms with Crippen molar-refractivity contribution in [3.8, 4) is 0 Å². The summed E-state index contributed by atoms with van der Waals surface area (Å²) in [6.07, 6.45) is 9.37. The number of rotatable bonds is 10. The van der Waals surface area contributed by atoms with E-state index in [-0.39, 0.29) is 49.5 Å². The number of imidazole rings is 1. The van der Waals surface area contributed by atoms with Gasteiger partial charge in [0, 0.05) is 25.5 Å². The summed E-state index contributed by atoms with van der Waals surface area (Å²) in [4.78, 5) is 34.6. The Balaban J connectivity index is 1.43. The highest BCUT2D eigenvalue weighted by atomic mass is 19.3. The van der Waals surface area contributed by atoms with Gasteiger partial charge in [-0.05, 0) is 79.7 Å². The summed E-state index contributed by atoms with van der Waals surface area (Å²) in [6, 6.07) is 4.86. The lowest BCUT2D eigenvalue weighted by Gasteiger charge is -2.33. The van der Waals surface area contributed by atoms with Crippen LogP contribution >= 0.6 is 0 Å². The predicted molar refractivity (Wildman–Crippen MR) is 142 cm³/mol. The second-order valence-corrected chi connectivity index (χ2v) is 10.9. The fraction of sp³-hybridized carbons (Fsp3) is 0.552. The first-order chi connectivity index (χ1) is 18.8. The van der Waals surface area contributed by atoms with Crippen LogP contribution in [0.3, 0.4) is 0 Å². The van der Waals surface area contributed by atoms with Gasteiger partial charge in [0.25, 0.3) is 5.91 Å². The van der Waals surface area contributed by atoms with Crippen LogP contribution in [0.2, 0.25) is 0 Å². The van der Waals surface area contributed by atoms with Crippen molar-refractivity contribution in [1.29, 1.82) is 0 Å². The van der Waals surface area contributed by atoms with E-state index >= 15 is 0 Å². The van der Waals surface area contributed by atoms with Gasteiger partial charge in [-0.2, -0.15) is 5.10 Å². The predicted octanol–water partition coefficient (Wildman–Crippen LogP) is 5.35. The molecule has 10 heteroatoms. The molecule has 0 spiro atoms. The number of alkyl halides is 2. The number of hydrogen-bond acceptors (Lipinski definition) is 5. The topological polar surface area (TPSA) is 101 Å². The first-order valence-electron chi connectivity index (χ1n) is 14.0. The smallest absolute Gasteiger partial charge is 0.270 e. The molecule has 3 aromatic rings. The van der Waals surface area contributed by atoms with E-state index < -0.39 is 12.0 Å². The molecule has 0 radical (unpaired) electrons. The summed E-state index contributed by atoms with van der Waals surface area (Å²) in [5.41, 5.74) is 3.34. The number of aromatic nitrogens is 4. The number of carbonyl (C=O) groups excluding carboxylic acids is 2. The molecule has 2 N–H and O–H groups in total. The van der Waals surface area contributed by atoms with Gasteiger partial charge in [0.15, 0.2) is 5.65 Å². The lowest BCUT2D eigenvalue weighted by molar-refractivity contribution is -0.122. The standard InChI is InChI=1S/C29H36F2N6O2/c1-3-5-25(38)35-26(19-6-7-19)21-15-24-34-23(17-37(24)33-16-21)27(20-8-11-29(30,31)12-9-20)36-28(39)22-14-18(4-2)10-13-32-22/h10,13-17,19-20,26-27H,3-9,11-12H2,1-2H3,(H,35,38)(H,36,39)/t26-,27+/m1/s1. The molecule has 2 atom stereocenters. The number of nitrogens with one attached hydrogen (secondary N) is 2. The van der Waals surface area contributed by atoms with Crippen LogP contribution < -0.4 is 10.6 Å². The molecule has 8 nitrogen and oxygen atoms in total. The fourth-order valence-corrected chi connectivity index (χ4v) is 5.47. The van der Waals surface area contributed by atoms with Gasteiger partial charge >= 0.3 is 0 Å². The Morgan fingerprint density at radius 2 is 1.82 bits per heavy atom. The molecule has 0 saturated heterocycles. The Bertz CT molecular complexity index is 1330. The summed E-state index contributed by atoms with van der Waals surface area (Å²) in [7, 11) is 0. The van der Waals surface area contributed by atoms with Crippen LogP contribution in [0.5, 0.6) is 0 Å². The van der Waals surface area contributed by atoms with Crippen molar-refractivity contribution in [2.45, 2.75) is 89.6 Å². The summed E-state index contributed by atoms with van der Waals surface area (Å²) < 4.78 is 29.6. The number of nitrogens with zero attached hydrogens (tertiary/aromatic N) is 4. The van der Waals surface area contributed by atoms with E-state index in [1.807, 2.05) is 26.0 Å². The lowest BCUT2D eigenvalue weighted by atomic mass is 9.81. The SMILES string of the molecule is CCCC(=O)N[C@@H](c1cnn2cc([C@@H](NC(=O)c3cc(CC)ccn3)C3CCC(F)(F)CC3)nc2c1)C1CC1. The Labute approximate surface area is 227 Å². The van der Waals surface area contributed by atoms with E-state index in [1.165, 1.54) is 0 Å². The summed E-state index contributed by atoms with van der Waals surface area (Å²) in [6.45, 7) is 3.98. The van der Waals surface area contributed by atoms with E-state index in [2.05, 4.69) is 20.7 Å². The van der Waals surface area contributed by atoms with Crippen LogP contribution in [-0.4, -0.2) is 37.3 Å². The van der Waals surface area contributed by atoms with Gasteiger partial charge in [-0.25, -0.2) is 18.3 Å². The number of pyridine rings is 1. The van der Waals surface area contributed by atoms with Crippen LogP contribution in [0.1, 0.15) is 105 Å². The van der Waals surface area contributed by atoms with E-state index in [0.717, 1.165) is 36.8 Å². The van der Waals surface area contributed by atoms with Crippen molar-refractivity contribution in [1.82, 2.24) is 30.2 Å². The third kappa shape index (κ3) is 6.42. The third-order valence-corrected chi connectivity index (χ3v) is 7.91. The van der Waals surface area contributed by atoms with Crippen LogP contribution in [0, 0.1) is 11.8 Å². The minimum atomic E-state index is -2.68. The fourth-order valence-electron chi connectivity index (χ4n) is 5.47. The highest BCUT2D eigenvalue weighted by Crippen LogP contribution is 2.42. The normalized spacial score (nSPS) is 19.0. The van der Waals surface area contributed by atoms with Gasteiger partial charge in [-0.3, -0.25) is 14.6 Å². The second-order valence-electron chi connectivity index (χ2n) is 10.9. The Hall–Kier alpha value is -3.43. The third-order valence-electron chi connectivity index (χ3n) is 7.91. The Morgan fingerprint density at radius 1 is 1.08 bits per heavy atom. The van der Waals surface area contributed by atoms with Crippen molar-refractivity contribution in [3.05, 3.63) is 59.3 Å². The zero-order valence-electron chi connectivity index (χ0n) is 22.5. The monoisotopic (exact) mass is 538 g/mol. The average molecular weight is 539 g/mol. The van der Waals surface area contributed by atoms with Crippen molar-refractivity contribution >= 4 is 17.5 Å². The molecule has 2 saturated carbocycles. The van der Waals surface area contributed by atoms with Crippen LogP contribution in [-0.2, 0) is 11.2 Å². The van der Waals surface area contributed by atoms with Gasteiger partial charge in [-0.1, -0.05) is 13.8 Å². The molecule has 0 aliphatic heterocycles. The van der Waals surface area contributed by atoms with E-state index in [9.17, 15) is 18.4 Å². The molecule has 2 amide bonds. The first kappa shape index (κ1) is 27.1. The summed E-state index contributed by atoms with van der Waals surface area (Å²) >= 11 is 0. The summed E-state index contributed by atoms with van der Waals surface area (Å²) in [5.74, 6) is -2.83. The molecule has 2 aliphatic rings. The molecule has 39 heavy (non-hydrogen) atoms. The molecule has 5 rings (SSSR count). The molecule has 0 unspecified atom stereocenters. The molecule has 0 aromatic carbocycles. The van der Waals surface area contributed by atoms with Gasteiger partial charge in [0.05, 0.1) is 30.2 Å². The van der Waals surface area contributed by atoms with Crippen LogP contribution in [0.15, 0.2) is 36.8 Å². The average Bonchev–Trinajstić information content (AvgIpc) is 3.68. The zero-order chi connectivity index (χ0) is 27.6. The maximum Gasteiger partial charge on any atom is 0.270 e. The van der Waals surface area contributed by atoms with Crippen molar-refractivity contribution < 1.29 is 18.4 Å². The van der Waals surface area contributed by atoms with Crippen LogP contribution in [0.4, 0.5) is 8.78 Å². The van der Waals surface area contributed by atoms with Gasteiger partial charge in [0.2, 0.25) is 11.8 Å². The number of aryl methyl sites for hydroxylation is 1. The van der Waals surface area contributed by atoms with Crippen molar-refractivity contribution in [2.24, 2.45) is 11.8 Å². The molecule has 0 bridgehead atoms. The van der Waals surface area contributed by atoms with Gasteiger partial charge in [-0.15, -0.1) is 0 Å². The Kier molecular flexibility index (Phi) is 7.91. The number of fused-ring (bicyclic) bond motifs is 1. The minimum Gasteiger partial charge on any atom is -0.349 e. The molecule has 3 aromatic heterocycles. The maximum atomic E-state index is 14.0. The Morgan fingerprint density at radius 3 is 2.51 bits per heavy atom. The molecular formula is C29H36F2N6O2. The van der Waals surface area contributed by atoms with E-state index in [4.69, 9.17) is 4.98 Å². The first-order valence-corrected chi connectivity index (χ1v) is 14.0. The van der Waals surface area contributed by atoms with E-state index in [1.54, 1.807) is 29.2 Å². The number of hydrogen-bond donors (Lipinski definition) is 2. The summed E-state index contributed by atoms with van der Waals surface area (Å²) in [5, 5.41) is 10.8.